The van der Waals surface area contributed by atoms with Gasteiger partial charge in [0.1, 0.15) is 12.4 Å². The van der Waals surface area contributed by atoms with Gasteiger partial charge in [-0.15, -0.1) is 0 Å². The van der Waals surface area contributed by atoms with Crippen LogP contribution in [0.5, 0.6) is 5.88 Å². The van der Waals surface area contributed by atoms with Crippen LogP contribution >= 0.6 is 0 Å². The molecule has 0 amide bonds. The average Bonchev–Trinajstić information content (AvgIpc) is 3.45. The van der Waals surface area contributed by atoms with Gasteiger partial charge >= 0.3 is 0 Å². The molecule has 4 heterocycles. The highest BCUT2D eigenvalue weighted by atomic mass is 16.5. The van der Waals surface area contributed by atoms with E-state index in [9.17, 15) is 0 Å². The number of benzene rings is 1. The van der Waals surface area contributed by atoms with Crippen LogP contribution < -0.4 is 15.0 Å². The van der Waals surface area contributed by atoms with Crippen molar-refractivity contribution in [2.75, 3.05) is 18.0 Å². The molecule has 1 N–H and O–H groups in total. The quantitative estimate of drug-likeness (QED) is 0.742. The summed E-state index contributed by atoms with van der Waals surface area (Å²) >= 11 is 0. The Morgan fingerprint density at radius 1 is 1.00 bits per heavy atom. The van der Waals surface area contributed by atoms with E-state index < -0.39 is 0 Å². The highest BCUT2D eigenvalue weighted by molar-refractivity contribution is 5.75. The van der Waals surface area contributed by atoms with Crippen molar-refractivity contribution in [3.8, 4) is 22.7 Å². The molecule has 2 aromatic heterocycles. The molecule has 0 unspecified atom stereocenters. The average molecular weight is 387 g/mol. The van der Waals surface area contributed by atoms with Gasteiger partial charge in [-0.05, 0) is 80.2 Å². The summed E-state index contributed by atoms with van der Waals surface area (Å²) in [5.74, 6) is 1.84. The van der Waals surface area contributed by atoms with E-state index in [1.165, 1.54) is 36.8 Å². The van der Waals surface area contributed by atoms with Crippen LogP contribution in [0.25, 0.3) is 16.8 Å². The lowest BCUT2D eigenvalue weighted by Gasteiger charge is -2.36. The fourth-order valence-corrected chi connectivity index (χ4v) is 4.67. The zero-order valence-corrected chi connectivity index (χ0v) is 16.4. The molecule has 148 valence electrons. The summed E-state index contributed by atoms with van der Waals surface area (Å²) in [7, 11) is 0. The van der Waals surface area contributed by atoms with Crippen molar-refractivity contribution in [2.24, 2.45) is 0 Å². The van der Waals surface area contributed by atoms with E-state index in [2.05, 4.69) is 45.6 Å². The van der Waals surface area contributed by atoms with E-state index >= 15 is 0 Å². The molecule has 6 nitrogen and oxygen atoms in total. The van der Waals surface area contributed by atoms with Crippen molar-refractivity contribution < 1.29 is 4.74 Å². The molecule has 6 rings (SSSR count). The van der Waals surface area contributed by atoms with Crippen molar-refractivity contribution in [1.29, 1.82) is 0 Å². The number of pyridine rings is 1. The van der Waals surface area contributed by atoms with E-state index in [4.69, 9.17) is 9.72 Å². The maximum absolute atomic E-state index is 6.12. The van der Waals surface area contributed by atoms with Crippen molar-refractivity contribution in [3.05, 3.63) is 54.4 Å². The van der Waals surface area contributed by atoms with Gasteiger partial charge < -0.3 is 15.0 Å². The Labute approximate surface area is 170 Å². The Bertz CT molecular complexity index is 1020. The van der Waals surface area contributed by atoms with Crippen LogP contribution in [0, 0.1) is 0 Å². The van der Waals surface area contributed by atoms with Crippen LogP contribution in [0.2, 0.25) is 0 Å². The smallest absolute Gasteiger partial charge is 0.223 e. The predicted molar refractivity (Wildman–Crippen MR) is 113 cm³/mol. The summed E-state index contributed by atoms with van der Waals surface area (Å²) in [6.45, 7) is 2.74. The van der Waals surface area contributed by atoms with E-state index in [1.807, 2.05) is 16.9 Å². The number of nitrogens with one attached hydrogen (secondary N) is 1. The Morgan fingerprint density at radius 3 is 2.62 bits per heavy atom. The number of aromatic nitrogens is 3. The molecule has 29 heavy (non-hydrogen) atoms. The number of hydrogen-bond donors (Lipinski definition) is 1. The second-order valence-electron chi connectivity index (χ2n) is 8.22. The fraction of sp³-hybridized carbons (Fsp3) is 0.391. The first kappa shape index (κ1) is 17.0. The lowest BCUT2D eigenvalue weighted by molar-refractivity contribution is 0.289. The van der Waals surface area contributed by atoms with Crippen molar-refractivity contribution in [3.63, 3.8) is 0 Å². The van der Waals surface area contributed by atoms with Crippen molar-refractivity contribution in [2.45, 2.75) is 44.4 Å². The molecule has 6 heteroatoms. The van der Waals surface area contributed by atoms with Gasteiger partial charge in [-0.25, -0.2) is 4.68 Å². The third-order valence-corrected chi connectivity index (χ3v) is 6.26. The summed E-state index contributed by atoms with van der Waals surface area (Å²) in [6, 6.07) is 14.0. The van der Waals surface area contributed by atoms with Gasteiger partial charge in [0.15, 0.2) is 0 Å². The van der Waals surface area contributed by atoms with E-state index in [-0.39, 0.29) is 0 Å². The van der Waals surface area contributed by atoms with Crippen LogP contribution in [0.3, 0.4) is 0 Å². The summed E-state index contributed by atoms with van der Waals surface area (Å²) in [5.41, 5.74) is 4.53. The zero-order chi connectivity index (χ0) is 19.2. The van der Waals surface area contributed by atoms with E-state index in [1.54, 1.807) is 6.20 Å². The second-order valence-corrected chi connectivity index (χ2v) is 8.22. The molecule has 0 bridgehead atoms. The molecular formula is C23H25N5O. The monoisotopic (exact) mass is 387 g/mol. The molecule has 1 aliphatic carbocycles. The van der Waals surface area contributed by atoms with E-state index in [0.29, 0.717) is 18.7 Å². The highest BCUT2D eigenvalue weighted by Gasteiger charge is 2.36. The van der Waals surface area contributed by atoms with E-state index in [0.717, 1.165) is 36.0 Å². The summed E-state index contributed by atoms with van der Waals surface area (Å²) in [4.78, 5) is 7.56. The van der Waals surface area contributed by atoms with Crippen LogP contribution in [0.4, 0.5) is 5.82 Å². The molecule has 0 spiro atoms. The minimum absolute atomic E-state index is 0.546. The largest absolute Gasteiger partial charge is 0.472 e. The lowest BCUT2D eigenvalue weighted by Crippen LogP contribution is -2.44. The summed E-state index contributed by atoms with van der Waals surface area (Å²) in [5, 5.41) is 7.81. The number of ether oxygens (including phenoxy) is 1. The SMILES string of the molecule is c1cnn(-c2ccc3c(c2)COc2nc(N(C4CCNCC4)C4CC4)ccc2-3)c1. The molecule has 1 saturated heterocycles. The highest BCUT2D eigenvalue weighted by Crippen LogP contribution is 2.41. The molecular weight excluding hydrogens is 362 g/mol. The first-order valence-electron chi connectivity index (χ1n) is 10.6. The van der Waals surface area contributed by atoms with Crippen LogP contribution in [0.1, 0.15) is 31.2 Å². The second kappa shape index (κ2) is 6.88. The molecule has 0 atom stereocenters. The van der Waals surface area contributed by atoms with Gasteiger partial charge in [0.25, 0.3) is 0 Å². The minimum Gasteiger partial charge on any atom is -0.472 e. The Morgan fingerprint density at radius 2 is 1.83 bits per heavy atom. The maximum Gasteiger partial charge on any atom is 0.223 e. The molecule has 1 saturated carbocycles. The normalized spacial score (nSPS) is 18.6. The van der Waals surface area contributed by atoms with Crippen molar-refractivity contribution in [1.82, 2.24) is 20.1 Å². The van der Waals surface area contributed by atoms with Crippen molar-refractivity contribution >= 4 is 5.82 Å². The molecule has 3 aromatic rings. The summed E-state index contributed by atoms with van der Waals surface area (Å²) < 4.78 is 8.00. The number of rotatable bonds is 4. The van der Waals surface area contributed by atoms with Gasteiger partial charge in [0.2, 0.25) is 5.88 Å². The van der Waals surface area contributed by atoms with Gasteiger partial charge in [-0.2, -0.15) is 10.1 Å². The van der Waals surface area contributed by atoms with Crippen LogP contribution in [-0.4, -0.2) is 39.9 Å². The van der Waals surface area contributed by atoms with Crippen LogP contribution in [0.15, 0.2) is 48.8 Å². The minimum atomic E-state index is 0.546. The lowest BCUT2D eigenvalue weighted by atomic mass is 9.98. The maximum atomic E-state index is 6.12. The number of hydrogen-bond acceptors (Lipinski definition) is 5. The van der Waals surface area contributed by atoms with Gasteiger partial charge in [-0.3, -0.25) is 0 Å². The third kappa shape index (κ3) is 3.08. The molecule has 2 aliphatic heterocycles. The first-order chi connectivity index (χ1) is 14.4. The molecule has 3 aliphatic rings. The van der Waals surface area contributed by atoms with Crippen LogP contribution in [-0.2, 0) is 6.61 Å². The van der Waals surface area contributed by atoms with Gasteiger partial charge in [0.05, 0.1) is 5.69 Å². The number of piperidine rings is 1. The molecule has 2 fully saturated rings. The molecule has 1 aromatic carbocycles. The zero-order valence-electron chi connectivity index (χ0n) is 16.4. The number of anilines is 1. The standard InChI is InChI=1S/C23H25N5O/c1-10-25-27(13-1)19-4-5-20-16(14-19)15-29-23-21(20)6-7-22(26-23)28(17-2-3-17)18-8-11-24-12-9-18/h1,4-7,10,13-14,17-18,24H,2-3,8-9,11-12,15H2. The number of fused-ring (bicyclic) bond motifs is 3. The number of nitrogens with zero attached hydrogens (tertiary/aromatic N) is 4. The topological polar surface area (TPSA) is 55.2 Å². The predicted octanol–water partition coefficient (Wildman–Crippen LogP) is 3.55. The molecule has 0 radical (unpaired) electrons. The fourth-order valence-electron chi connectivity index (χ4n) is 4.67. The summed E-state index contributed by atoms with van der Waals surface area (Å²) in [6.07, 6.45) is 8.70. The first-order valence-corrected chi connectivity index (χ1v) is 10.6. The Hall–Kier alpha value is -2.86. The third-order valence-electron chi connectivity index (χ3n) is 6.26. The van der Waals surface area contributed by atoms with Gasteiger partial charge in [0, 0.05) is 30.0 Å². The Balaban J connectivity index is 1.34. The Kier molecular flexibility index (Phi) is 4.04. The van der Waals surface area contributed by atoms with Gasteiger partial charge in [-0.1, -0.05) is 6.07 Å².